The first-order valence-electron chi connectivity index (χ1n) is 8.78. The number of pyridine rings is 1. The molecular formula is C22H14Cl2N4O2S. The molecule has 0 amide bonds. The van der Waals surface area contributed by atoms with Crippen molar-refractivity contribution in [1.82, 2.24) is 4.98 Å². The van der Waals surface area contributed by atoms with Crippen molar-refractivity contribution >= 4 is 46.6 Å². The number of hydrogen-bond acceptors (Lipinski definition) is 7. The number of aromatic nitrogens is 1. The van der Waals surface area contributed by atoms with E-state index >= 15 is 0 Å². The van der Waals surface area contributed by atoms with Crippen LogP contribution in [-0.4, -0.2) is 23.6 Å². The fourth-order valence-corrected chi connectivity index (χ4v) is 4.30. The number of carbonyl (C=O) groups excluding carboxylic acids is 1. The molecule has 1 heterocycles. The molecule has 0 aliphatic rings. The highest BCUT2D eigenvalue weighted by Crippen LogP contribution is 2.36. The summed E-state index contributed by atoms with van der Waals surface area (Å²) in [6, 6.07) is 15.6. The van der Waals surface area contributed by atoms with Crippen LogP contribution >= 0.6 is 35.0 Å². The lowest BCUT2D eigenvalue weighted by Crippen LogP contribution is -2.06. The van der Waals surface area contributed by atoms with Crippen LogP contribution in [0.4, 0.5) is 5.82 Å². The normalized spacial score (nSPS) is 10.2. The molecule has 0 radical (unpaired) electrons. The van der Waals surface area contributed by atoms with Crippen molar-refractivity contribution in [2.75, 3.05) is 18.6 Å². The number of halogens is 2. The summed E-state index contributed by atoms with van der Waals surface area (Å²) in [5.74, 6) is 0.344. The third kappa shape index (κ3) is 4.92. The zero-order valence-corrected chi connectivity index (χ0v) is 18.5. The average Bonchev–Trinajstić information content (AvgIpc) is 2.76. The summed E-state index contributed by atoms with van der Waals surface area (Å²) in [5, 5.41) is 20.4. The number of nitrogens with zero attached hydrogens (tertiary/aromatic N) is 3. The molecule has 0 bridgehead atoms. The first-order valence-corrected chi connectivity index (χ1v) is 10.5. The van der Waals surface area contributed by atoms with Crippen LogP contribution in [0.5, 0.6) is 5.75 Å². The molecule has 0 spiro atoms. The van der Waals surface area contributed by atoms with Gasteiger partial charge in [-0.1, -0.05) is 47.1 Å². The summed E-state index contributed by atoms with van der Waals surface area (Å²) in [7, 11) is 1.54. The number of carbonyl (C=O) groups is 1. The van der Waals surface area contributed by atoms with Crippen molar-refractivity contribution < 1.29 is 9.53 Å². The van der Waals surface area contributed by atoms with Crippen molar-refractivity contribution in [3.63, 3.8) is 0 Å². The first-order chi connectivity index (χ1) is 14.9. The van der Waals surface area contributed by atoms with E-state index in [1.54, 1.807) is 31.4 Å². The van der Waals surface area contributed by atoms with E-state index in [0.717, 1.165) is 11.8 Å². The van der Waals surface area contributed by atoms with Crippen LogP contribution in [0.1, 0.15) is 21.5 Å². The van der Waals surface area contributed by atoms with E-state index in [9.17, 15) is 15.3 Å². The van der Waals surface area contributed by atoms with Crippen molar-refractivity contribution in [2.45, 2.75) is 5.03 Å². The van der Waals surface area contributed by atoms with Gasteiger partial charge in [0.1, 0.15) is 34.3 Å². The molecule has 1 aromatic heterocycles. The Morgan fingerprint density at radius 2 is 1.71 bits per heavy atom. The lowest BCUT2D eigenvalue weighted by atomic mass is 9.97. The van der Waals surface area contributed by atoms with Crippen LogP contribution < -0.4 is 10.5 Å². The minimum atomic E-state index is -0.242. The molecule has 0 unspecified atom stereocenters. The lowest BCUT2D eigenvalue weighted by molar-refractivity contribution is 0.102. The number of Topliss-reactive ketones (excluding diaryl/α,β-unsaturated/α-hetero) is 1. The maximum atomic E-state index is 12.6. The predicted octanol–water partition coefficient (Wildman–Crippen LogP) is 5.36. The van der Waals surface area contributed by atoms with Gasteiger partial charge in [-0.2, -0.15) is 10.5 Å². The van der Waals surface area contributed by atoms with Crippen molar-refractivity contribution in [1.29, 1.82) is 10.5 Å². The van der Waals surface area contributed by atoms with Gasteiger partial charge in [0.25, 0.3) is 0 Å². The second-order valence-electron chi connectivity index (χ2n) is 6.25. The SMILES string of the molecule is COc1ccc(-c2c(C#N)c(N)nc(SCC(=O)c3cc(Cl)cc(Cl)c3)c2C#N)cc1. The van der Waals surface area contributed by atoms with Gasteiger partial charge in [0.15, 0.2) is 5.78 Å². The number of anilines is 1. The molecule has 0 atom stereocenters. The summed E-state index contributed by atoms with van der Waals surface area (Å²) in [4.78, 5) is 16.8. The molecule has 0 saturated heterocycles. The average molecular weight is 469 g/mol. The monoisotopic (exact) mass is 468 g/mol. The highest BCUT2D eigenvalue weighted by molar-refractivity contribution is 8.00. The van der Waals surface area contributed by atoms with Crippen molar-refractivity contribution in [3.8, 4) is 29.0 Å². The Kier molecular flexibility index (Phi) is 7.04. The number of hydrogen-bond donors (Lipinski definition) is 1. The molecule has 0 aliphatic heterocycles. The van der Waals surface area contributed by atoms with E-state index in [2.05, 4.69) is 11.1 Å². The summed E-state index contributed by atoms with van der Waals surface area (Å²) in [5.41, 5.74) is 7.59. The van der Waals surface area contributed by atoms with E-state index in [1.165, 1.54) is 18.2 Å². The highest BCUT2D eigenvalue weighted by atomic mass is 35.5. The third-order valence-electron chi connectivity index (χ3n) is 4.32. The maximum Gasteiger partial charge on any atom is 0.173 e. The Balaban J connectivity index is 2.01. The summed E-state index contributed by atoms with van der Waals surface area (Å²) >= 11 is 13.0. The zero-order chi connectivity index (χ0) is 22.5. The molecule has 2 N–H and O–H groups in total. The van der Waals surface area contributed by atoms with Gasteiger partial charge in [0.05, 0.1) is 18.4 Å². The Morgan fingerprint density at radius 1 is 1.10 bits per heavy atom. The fraction of sp³-hybridized carbons (Fsp3) is 0.0909. The minimum Gasteiger partial charge on any atom is -0.497 e. The second kappa shape index (κ2) is 9.72. The van der Waals surface area contributed by atoms with E-state index in [-0.39, 0.29) is 33.5 Å². The van der Waals surface area contributed by atoms with Crippen LogP contribution in [0.25, 0.3) is 11.1 Å². The molecule has 6 nitrogen and oxygen atoms in total. The topological polar surface area (TPSA) is 113 Å². The Morgan fingerprint density at radius 3 is 2.26 bits per heavy atom. The molecule has 0 aliphatic carbocycles. The molecule has 154 valence electrons. The third-order valence-corrected chi connectivity index (χ3v) is 5.73. The van der Waals surface area contributed by atoms with Gasteiger partial charge in [0, 0.05) is 21.2 Å². The number of ether oxygens (including phenoxy) is 1. The highest BCUT2D eigenvalue weighted by Gasteiger charge is 2.21. The smallest absolute Gasteiger partial charge is 0.173 e. The zero-order valence-electron chi connectivity index (χ0n) is 16.1. The van der Waals surface area contributed by atoms with Gasteiger partial charge in [-0.05, 0) is 35.9 Å². The van der Waals surface area contributed by atoms with Gasteiger partial charge in [-0.25, -0.2) is 4.98 Å². The number of rotatable bonds is 6. The van der Waals surface area contributed by atoms with Crippen LogP contribution in [0.15, 0.2) is 47.5 Å². The van der Waals surface area contributed by atoms with Crippen LogP contribution in [0.3, 0.4) is 0 Å². The molecule has 9 heteroatoms. The first kappa shape index (κ1) is 22.5. The number of methoxy groups -OCH3 is 1. The number of thioether (sulfide) groups is 1. The van der Waals surface area contributed by atoms with Gasteiger partial charge in [0.2, 0.25) is 0 Å². The van der Waals surface area contributed by atoms with Gasteiger partial charge in [-0.3, -0.25) is 4.79 Å². The maximum absolute atomic E-state index is 12.6. The predicted molar refractivity (Wildman–Crippen MR) is 122 cm³/mol. The molecule has 31 heavy (non-hydrogen) atoms. The molecule has 3 aromatic rings. The van der Waals surface area contributed by atoms with Gasteiger partial charge >= 0.3 is 0 Å². The Labute approximate surface area is 193 Å². The standard InChI is InChI=1S/C22H14Cl2N4O2S/c1-30-16-4-2-12(3-5-16)20-17(9-25)21(27)28-22(18(20)10-26)31-11-19(29)13-6-14(23)8-15(24)7-13/h2-8H,11H2,1H3,(H2,27,28). The van der Waals surface area contributed by atoms with Gasteiger partial charge < -0.3 is 10.5 Å². The lowest BCUT2D eigenvalue weighted by Gasteiger charge is -2.13. The summed E-state index contributed by atoms with van der Waals surface area (Å²) in [6.07, 6.45) is 0. The summed E-state index contributed by atoms with van der Waals surface area (Å²) < 4.78 is 5.16. The molecule has 0 fully saturated rings. The molecule has 0 saturated carbocycles. The van der Waals surface area contributed by atoms with E-state index in [4.69, 9.17) is 33.7 Å². The van der Waals surface area contributed by atoms with E-state index < -0.39 is 0 Å². The molecule has 2 aromatic carbocycles. The van der Waals surface area contributed by atoms with Crippen LogP contribution in [0.2, 0.25) is 10.0 Å². The van der Waals surface area contributed by atoms with Crippen molar-refractivity contribution in [3.05, 3.63) is 69.2 Å². The van der Waals surface area contributed by atoms with Crippen LogP contribution in [0, 0.1) is 22.7 Å². The van der Waals surface area contributed by atoms with Crippen LogP contribution in [-0.2, 0) is 0 Å². The van der Waals surface area contributed by atoms with E-state index in [0.29, 0.717) is 32.5 Å². The summed E-state index contributed by atoms with van der Waals surface area (Å²) in [6.45, 7) is 0. The number of benzene rings is 2. The quantitative estimate of drug-likeness (QED) is 0.382. The van der Waals surface area contributed by atoms with Gasteiger partial charge in [-0.15, -0.1) is 0 Å². The van der Waals surface area contributed by atoms with E-state index in [1.807, 2.05) is 6.07 Å². The molecular weight excluding hydrogens is 455 g/mol. The van der Waals surface area contributed by atoms with Crippen molar-refractivity contribution in [2.24, 2.45) is 0 Å². The fourth-order valence-electron chi connectivity index (χ4n) is 2.88. The number of ketones is 1. The minimum absolute atomic E-state index is 0.0203. The molecule has 3 rings (SSSR count). The number of nitriles is 2. The largest absolute Gasteiger partial charge is 0.497 e. The second-order valence-corrected chi connectivity index (χ2v) is 8.09. The number of nitrogens with two attached hydrogens (primary N) is 1. The Hall–Kier alpha value is -3.23. The number of nitrogen functional groups attached to an aromatic ring is 1. The Bertz CT molecular complexity index is 1230.